The molecule has 1 saturated carbocycles. The van der Waals surface area contributed by atoms with E-state index in [-0.39, 0.29) is 11.7 Å². The molecule has 3 aliphatic rings. The lowest BCUT2D eigenvalue weighted by Gasteiger charge is -2.45. The summed E-state index contributed by atoms with van der Waals surface area (Å²) < 4.78 is 13.1. The first-order valence-electron chi connectivity index (χ1n) is 10.8. The lowest BCUT2D eigenvalue weighted by Crippen LogP contribution is -2.59. The smallest absolute Gasteiger partial charge is 0.254 e. The van der Waals surface area contributed by atoms with Gasteiger partial charge in [0, 0.05) is 51.0 Å². The SMILES string of the molecule is O=C(N1CCC[C@@H](N2CCN(c3ccc(F)cc3)CC2)C1)C1(O)CCCCC1. The van der Waals surface area contributed by atoms with Crippen molar-refractivity contribution in [3.63, 3.8) is 0 Å². The summed E-state index contributed by atoms with van der Waals surface area (Å²) in [5, 5.41) is 10.8. The molecule has 0 unspecified atom stereocenters. The molecule has 0 spiro atoms. The zero-order valence-electron chi connectivity index (χ0n) is 16.7. The number of carbonyl (C=O) groups is 1. The van der Waals surface area contributed by atoms with E-state index < -0.39 is 5.60 Å². The van der Waals surface area contributed by atoms with Crippen LogP contribution in [-0.2, 0) is 4.79 Å². The molecule has 0 bridgehead atoms. The molecule has 2 heterocycles. The maximum Gasteiger partial charge on any atom is 0.254 e. The van der Waals surface area contributed by atoms with Gasteiger partial charge in [0.15, 0.2) is 0 Å². The summed E-state index contributed by atoms with van der Waals surface area (Å²) >= 11 is 0. The summed E-state index contributed by atoms with van der Waals surface area (Å²) in [4.78, 5) is 19.7. The van der Waals surface area contributed by atoms with Crippen molar-refractivity contribution in [2.75, 3.05) is 44.2 Å². The van der Waals surface area contributed by atoms with Gasteiger partial charge in [-0.1, -0.05) is 19.3 Å². The predicted molar refractivity (Wildman–Crippen MR) is 108 cm³/mol. The van der Waals surface area contributed by atoms with Gasteiger partial charge >= 0.3 is 0 Å². The molecule has 1 amide bonds. The van der Waals surface area contributed by atoms with Gasteiger partial charge in [-0.15, -0.1) is 0 Å². The second-order valence-electron chi connectivity index (χ2n) is 8.64. The number of piperazine rings is 1. The van der Waals surface area contributed by atoms with Crippen molar-refractivity contribution in [1.82, 2.24) is 9.80 Å². The molecule has 1 aromatic rings. The molecule has 4 rings (SSSR count). The van der Waals surface area contributed by atoms with Crippen LogP contribution in [0.2, 0.25) is 0 Å². The molecule has 1 atom stereocenters. The molecule has 0 aromatic heterocycles. The first-order chi connectivity index (χ1) is 13.5. The van der Waals surface area contributed by atoms with Crippen LogP contribution < -0.4 is 4.90 Å². The van der Waals surface area contributed by atoms with Crippen molar-refractivity contribution in [3.8, 4) is 0 Å². The molecule has 154 valence electrons. The van der Waals surface area contributed by atoms with Crippen LogP contribution in [0.3, 0.4) is 0 Å². The summed E-state index contributed by atoms with van der Waals surface area (Å²) in [6, 6.07) is 7.10. The highest BCUT2D eigenvalue weighted by Crippen LogP contribution is 2.31. The second kappa shape index (κ2) is 8.37. The number of benzene rings is 1. The number of piperidine rings is 1. The Morgan fingerprint density at radius 3 is 2.32 bits per heavy atom. The molecule has 1 aromatic carbocycles. The third kappa shape index (κ3) is 4.18. The highest BCUT2D eigenvalue weighted by Gasteiger charge is 2.41. The number of halogens is 1. The third-order valence-corrected chi connectivity index (χ3v) is 6.78. The molecule has 2 saturated heterocycles. The van der Waals surface area contributed by atoms with E-state index in [0.29, 0.717) is 18.9 Å². The predicted octanol–water partition coefficient (Wildman–Crippen LogP) is 2.63. The number of anilines is 1. The van der Waals surface area contributed by atoms with Crippen LogP contribution in [0.4, 0.5) is 10.1 Å². The Bertz CT molecular complexity index is 667. The summed E-state index contributed by atoms with van der Waals surface area (Å²) in [6.07, 6.45) is 6.36. The highest BCUT2D eigenvalue weighted by atomic mass is 19.1. The Morgan fingerprint density at radius 1 is 0.964 bits per heavy atom. The average molecular weight is 390 g/mol. The molecule has 5 nitrogen and oxygen atoms in total. The van der Waals surface area contributed by atoms with E-state index in [1.165, 1.54) is 12.1 Å². The third-order valence-electron chi connectivity index (χ3n) is 6.78. The van der Waals surface area contributed by atoms with Crippen LogP contribution in [0.5, 0.6) is 0 Å². The molecular formula is C22H32FN3O2. The standard InChI is InChI=1S/C22H32FN3O2/c23-18-6-8-19(9-7-18)24-13-15-25(16-14-24)20-5-4-12-26(17-20)21(27)22(28)10-2-1-3-11-22/h6-9,20,28H,1-5,10-17H2/t20-/m1/s1. The minimum atomic E-state index is -1.12. The van der Waals surface area contributed by atoms with Gasteiger partial charge in [0.25, 0.3) is 5.91 Å². The topological polar surface area (TPSA) is 47.0 Å². The lowest BCUT2D eigenvalue weighted by molar-refractivity contribution is -0.157. The van der Waals surface area contributed by atoms with E-state index in [4.69, 9.17) is 0 Å². The average Bonchev–Trinajstić information content (AvgIpc) is 2.74. The molecule has 28 heavy (non-hydrogen) atoms. The van der Waals surface area contributed by atoms with Gasteiger partial charge in [-0.2, -0.15) is 0 Å². The Labute approximate surface area is 167 Å². The normalized spacial score (nSPS) is 26.3. The number of carbonyl (C=O) groups excluding carboxylic acids is 1. The van der Waals surface area contributed by atoms with Crippen LogP contribution in [0, 0.1) is 5.82 Å². The summed E-state index contributed by atoms with van der Waals surface area (Å²) in [6.45, 7) is 5.24. The van der Waals surface area contributed by atoms with Crippen LogP contribution in [-0.4, -0.2) is 71.7 Å². The highest BCUT2D eigenvalue weighted by molar-refractivity contribution is 5.85. The van der Waals surface area contributed by atoms with Crippen LogP contribution >= 0.6 is 0 Å². The second-order valence-corrected chi connectivity index (χ2v) is 8.64. The maximum atomic E-state index is 13.1. The zero-order valence-corrected chi connectivity index (χ0v) is 16.7. The van der Waals surface area contributed by atoms with Crippen LogP contribution in [0.1, 0.15) is 44.9 Å². The largest absolute Gasteiger partial charge is 0.380 e. The van der Waals surface area contributed by atoms with E-state index in [9.17, 15) is 14.3 Å². The van der Waals surface area contributed by atoms with Crippen LogP contribution in [0.25, 0.3) is 0 Å². The van der Waals surface area contributed by atoms with Crippen molar-refractivity contribution in [1.29, 1.82) is 0 Å². The van der Waals surface area contributed by atoms with Gasteiger partial charge in [0.1, 0.15) is 11.4 Å². The molecule has 6 heteroatoms. The van der Waals surface area contributed by atoms with Gasteiger partial charge in [0.2, 0.25) is 0 Å². The van der Waals surface area contributed by atoms with Crippen molar-refractivity contribution >= 4 is 11.6 Å². The van der Waals surface area contributed by atoms with E-state index in [1.54, 1.807) is 0 Å². The van der Waals surface area contributed by atoms with Gasteiger partial charge in [0.05, 0.1) is 0 Å². The quantitative estimate of drug-likeness (QED) is 0.863. The van der Waals surface area contributed by atoms with Crippen LogP contribution in [0.15, 0.2) is 24.3 Å². The Morgan fingerprint density at radius 2 is 1.64 bits per heavy atom. The van der Waals surface area contributed by atoms with Crippen molar-refractivity contribution < 1.29 is 14.3 Å². The Balaban J connectivity index is 1.32. The Kier molecular flexibility index (Phi) is 5.88. The summed E-state index contributed by atoms with van der Waals surface area (Å²) in [7, 11) is 0. The fourth-order valence-electron chi connectivity index (χ4n) is 5.08. The molecule has 0 radical (unpaired) electrons. The van der Waals surface area contributed by atoms with E-state index in [0.717, 1.165) is 77.1 Å². The Hall–Kier alpha value is -1.66. The molecule has 1 N–H and O–H groups in total. The summed E-state index contributed by atoms with van der Waals surface area (Å²) in [5.74, 6) is -0.240. The van der Waals surface area contributed by atoms with Gasteiger partial charge in [-0.25, -0.2) is 4.39 Å². The zero-order chi connectivity index (χ0) is 19.6. The number of amides is 1. The van der Waals surface area contributed by atoms with Gasteiger partial charge in [-0.05, 0) is 49.9 Å². The maximum absolute atomic E-state index is 13.1. The van der Waals surface area contributed by atoms with Crippen molar-refractivity contribution in [3.05, 3.63) is 30.1 Å². The number of hydrogen-bond acceptors (Lipinski definition) is 4. The van der Waals surface area contributed by atoms with Gasteiger partial charge < -0.3 is 14.9 Å². The minimum absolute atomic E-state index is 0.0400. The van der Waals surface area contributed by atoms with Crippen molar-refractivity contribution in [2.24, 2.45) is 0 Å². The van der Waals surface area contributed by atoms with E-state index in [1.807, 2.05) is 17.0 Å². The summed E-state index contributed by atoms with van der Waals surface area (Å²) in [5.41, 5.74) is -0.0532. The fourth-order valence-corrected chi connectivity index (χ4v) is 5.08. The minimum Gasteiger partial charge on any atom is -0.380 e. The number of nitrogens with zero attached hydrogens (tertiary/aromatic N) is 3. The molecule has 2 aliphatic heterocycles. The van der Waals surface area contributed by atoms with E-state index >= 15 is 0 Å². The first-order valence-corrected chi connectivity index (χ1v) is 10.8. The monoisotopic (exact) mass is 389 g/mol. The molecular weight excluding hydrogens is 357 g/mol. The number of likely N-dealkylation sites (tertiary alicyclic amines) is 1. The number of aliphatic hydroxyl groups is 1. The number of rotatable bonds is 3. The van der Waals surface area contributed by atoms with E-state index in [2.05, 4.69) is 9.80 Å². The van der Waals surface area contributed by atoms with Gasteiger partial charge in [-0.3, -0.25) is 9.69 Å². The first kappa shape index (κ1) is 19.6. The molecule has 3 fully saturated rings. The number of hydrogen-bond donors (Lipinski definition) is 1. The fraction of sp³-hybridized carbons (Fsp3) is 0.682. The lowest BCUT2D eigenvalue weighted by atomic mass is 9.83. The van der Waals surface area contributed by atoms with Crippen molar-refractivity contribution in [2.45, 2.75) is 56.6 Å². The molecule has 1 aliphatic carbocycles.